The van der Waals surface area contributed by atoms with Gasteiger partial charge in [0.25, 0.3) is 0 Å². The molecule has 6 heteroatoms. The predicted octanol–water partition coefficient (Wildman–Crippen LogP) is 5.34. The van der Waals surface area contributed by atoms with Crippen LogP contribution in [0.1, 0.15) is 50.7 Å². The van der Waals surface area contributed by atoms with Crippen LogP contribution >= 0.6 is 0 Å². The van der Waals surface area contributed by atoms with Gasteiger partial charge < -0.3 is 14.6 Å². The average Bonchev–Trinajstić information content (AvgIpc) is 2.84. The molecule has 2 aromatic carbocycles. The zero-order valence-corrected chi connectivity index (χ0v) is 20.8. The highest BCUT2D eigenvalue weighted by molar-refractivity contribution is 5.91. The van der Waals surface area contributed by atoms with Crippen molar-refractivity contribution in [1.82, 2.24) is 9.80 Å². The number of benzene rings is 2. The average molecular weight is 477 g/mol. The van der Waals surface area contributed by atoms with Crippen molar-refractivity contribution in [3.8, 4) is 22.8 Å². The standard InChI is InChI=1S/C29H36N2O4/c1-19-8-6-12-30(15-19)17-22-27(33)23(18-31-13-7-9-20(2)16-31)29-26(28(22)34)24(32)14-25(35-29)21-10-4-3-5-11-21/h3-5,10-11,14,19-20,33-34H,6-9,12-13,15-18H2,1-2H3/t19-,20-/m0/s1. The van der Waals surface area contributed by atoms with Crippen molar-refractivity contribution in [3.63, 3.8) is 0 Å². The van der Waals surface area contributed by atoms with Gasteiger partial charge in [0.1, 0.15) is 22.6 Å². The van der Waals surface area contributed by atoms with Crippen molar-refractivity contribution in [3.05, 3.63) is 57.7 Å². The Morgan fingerprint density at radius 2 is 1.49 bits per heavy atom. The van der Waals surface area contributed by atoms with Gasteiger partial charge in [0, 0.05) is 37.8 Å². The quantitative estimate of drug-likeness (QED) is 0.518. The van der Waals surface area contributed by atoms with E-state index in [1.54, 1.807) is 0 Å². The van der Waals surface area contributed by atoms with Crippen LogP contribution in [0.25, 0.3) is 22.3 Å². The molecule has 0 amide bonds. The second-order valence-corrected chi connectivity index (χ2v) is 10.7. The highest BCUT2D eigenvalue weighted by Crippen LogP contribution is 2.41. The number of rotatable bonds is 5. The molecule has 2 fully saturated rings. The Bertz CT molecular complexity index is 1250. The second kappa shape index (κ2) is 10.0. The molecule has 35 heavy (non-hydrogen) atoms. The normalized spacial score (nSPS) is 22.0. The van der Waals surface area contributed by atoms with Crippen molar-refractivity contribution >= 4 is 11.0 Å². The number of nitrogens with zero attached hydrogens (tertiary/aromatic N) is 2. The molecule has 0 unspecified atom stereocenters. The Labute approximate surface area is 206 Å². The van der Waals surface area contributed by atoms with Crippen LogP contribution in [0.4, 0.5) is 0 Å². The predicted molar refractivity (Wildman–Crippen MR) is 139 cm³/mol. The number of aromatic hydroxyl groups is 2. The van der Waals surface area contributed by atoms with Gasteiger partial charge >= 0.3 is 0 Å². The summed E-state index contributed by atoms with van der Waals surface area (Å²) < 4.78 is 6.29. The molecule has 2 atom stereocenters. The fraction of sp³-hybridized carbons (Fsp3) is 0.483. The van der Waals surface area contributed by atoms with Crippen LogP contribution in [0.15, 0.2) is 45.6 Å². The van der Waals surface area contributed by atoms with E-state index < -0.39 is 0 Å². The summed E-state index contributed by atoms with van der Waals surface area (Å²) in [6, 6.07) is 10.9. The minimum absolute atomic E-state index is 0.0554. The van der Waals surface area contributed by atoms with Gasteiger partial charge in [0.2, 0.25) is 0 Å². The van der Waals surface area contributed by atoms with Crippen molar-refractivity contribution in [2.75, 3.05) is 26.2 Å². The first-order valence-electron chi connectivity index (χ1n) is 12.9. The molecule has 0 aliphatic carbocycles. The Kier molecular flexibility index (Phi) is 6.85. The molecule has 2 N–H and O–H groups in total. The molecule has 186 valence electrons. The van der Waals surface area contributed by atoms with E-state index in [4.69, 9.17) is 4.42 Å². The lowest BCUT2D eigenvalue weighted by molar-refractivity contribution is 0.170. The monoisotopic (exact) mass is 476 g/mol. The van der Waals surface area contributed by atoms with Crippen molar-refractivity contribution < 1.29 is 14.6 Å². The Morgan fingerprint density at radius 3 is 2.09 bits per heavy atom. The minimum atomic E-state index is -0.288. The Morgan fingerprint density at radius 1 is 0.886 bits per heavy atom. The van der Waals surface area contributed by atoms with Gasteiger partial charge in [0.15, 0.2) is 11.0 Å². The van der Waals surface area contributed by atoms with E-state index in [2.05, 4.69) is 23.6 Å². The van der Waals surface area contributed by atoms with Gasteiger partial charge in [-0.1, -0.05) is 44.2 Å². The Hall–Kier alpha value is -2.83. The summed E-state index contributed by atoms with van der Waals surface area (Å²) in [6.45, 7) is 9.08. The van der Waals surface area contributed by atoms with Gasteiger partial charge in [-0.15, -0.1) is 0 Å². The molecule has 0 saturated carbocycles. The number of phenolic OH excluding ortho intramolecular Hbond substituents is 2. The lowest BCUT2D eigenvalue weighted by Gasteiger charge is -2.33. The number of piperidine rings is 2. The summed E-state index contributed by atoms with van der Waals surface area (Å²) in [5.41, 5.74) is 1.83. The van der Waals surface area contributed by atoms with Crippen molar-refractivity contribution in [2.24, 2.45) is 11.8 Å². The minimum Gasteiger partial charge on any atom is -0.507 e. The van der Waals surface area contributed by atoms with Crippen LogP contribution in [0.5, 0.6) is 11.5 Å². The number of fused-ring (bicyclic) bond motifs is 1. The topological polar surface area (TPSA) is 77.2 Å². The highest BCUT2D eigenvalue weighted by atomic mass is 16.3. The first kappa shape index (κ1) is 23.9. The second-order valence-electron chi connectivity index (χ2n) is 10.7. The maximum absolute atomic E-state index is 13.4. The summed E-state index contributed by atoms with van der Waals surface area (Å²) in [6.07, 6.45) is 4.59. The smallest absolute Gasteiger partial charge is 0.197 e. The largest absolute Gasteiger partial charge is 0.507 e. The third-order valence-electron chi connectivity index (χ3n) is 7.62. The molecule has 0 spiro atoms. The van der Waals surface area contributed by atoms with E-state index in [0.29, 0.717) is 47.4 Å². The molecule has 0 bridgehead atoms. The van der Waals surface area contributed by atoms with Gasteiger partial charge in [0.05, 0.1) is 11.1 Å². The number of likely N-dealkylation sites (tertiary alicyclic amines) is 2. The number of hydrogen-bond acceptors (Lipinski definition) is 6. The molecular weight excluding hydrogens is 440 g/mol. The molecule has 5 rings (SSSR count). The highest BCUT2D eigenvalue weighted by Gasteiger charge is 2.28. The third kappa shape index (κ3) is 4.95. The summed E-state index contributed by atoms with van der Waals surface area (Å²) in [7, 11) is 0. The molecule has 6 nitrogen and oxygen atoms in total. The fourth-order valence-corrected chi connectivity index (χ4v) is 5.83. The zero-order valence-electron chi connectivity index (χ0n) is 20.8. The van der Waals surface area contributed by atoms with Crippen molar-refractivity contribution in [2.45, 2.75) is 52.6 Å². The van der Waals surface area contributed by atoms with Crippen LogP contribution < -0.4 is 5.43 Å². The maximum Gasteiger partial charge on any atom is 0.197 e. The van der Waals surface area contributed by atoms with Gasteiger partial charge in [-0.05, 0) is 50.6 Å². The first-order valence-corrected chi connectivity index (χ1v) is 12.9. The molecule has 1 aromatic heterocycles. The summed E-state index contributed by atoms with van der Waals surface area (Å²) in [5, 5.41) is 23.0. The van der Waals surface area contributed by atoms with E-state index in [1.165, 1.54) is 18.9 Å². The van der Waals surface area contributed by atoms with E-state index in [9.17, 15) is 15.0 Å². The van der Waals surface area contributed by atoms with Crippen LogP contribution in [0.3, 0.4) is 0 Å². The lowest BCUT2D eigenvalue weighted by atomic mass is 9.96. The van der Waals surface area contributed by atoms with E-state index >= 15 is 0 Å². The van der Waals surface area contributed by atoms with Gasteiger partial charge in [-0.3, -0.25) is 14.6 Å². The number of hydrogen-bond donors (Lipinski definition) is 2. The molecule has 2 aliphatic rings. The SMILES string of the molecule is C[C@H]1CCCN(Cc2c(O)c(CN3CCC[C@H](C)C3)c3oc(-c4ccccc4)cc(=O)c3c2O)C1. The van der Waals surface area contributed by atoms with Crippen LogP contribution in [0.2, 0.25) is 0 Å². The summed E-state index contributed by atoms with van der Waals surface area (Å²) in [4.78, 5) is 18.0. The van der Waals surface area contributed by atoms with E-state index in [1.807, 2.05) is 30.3 Å². The van der Waals surface area contributed by atoms with Gasteiger partial charge in [-0.2, -0.15) is 0 Å². The summed E-state index contributed by atoms with van der Waals surface area (Å²) in [5.74, 6) is 1.49. The lowest BCUT2D eigenvalue weighted by Crippen LogP contribution is -2.34. The first-order chi connectivity index (χ1) is 16.9. The van der Waals surface area contributed by atoms with Crippen molar-refractivity contribution in [1.29, 1.82) is 0 Å². The van der Waals surface area contributed by atoms with E-state index in [-0.39, 0.29) is 22.3 Å². The van der Waals surface area contributed by atoms with Crippen LogP contribution in [-0.4, -0.2) is 46.2 Å². The van der Waals surface area contributed by atoms with Gasteiger partial charge in [-0.25, -0.2) is 0 Å². The van der Waals surface area contributed by atoms with E-state index in [0.717, 1.165) is 44.6 Å². The van der Waals surface area contributed by atoms with Crippen LogP contribution in [0, 0.1) is 11.8 Å². The molecule has 0 radical (unpaired) electrons. The third-order valence-corrected chi connectivity index (χ3v) is 7.62. The molecular formula is C29H36N2O4. The number of phenols is 2. The molecule has 2 aliphatic heterocycles. The molecule has 3 aromatic rings. The maximum atomic E-state index is 13.4. The molecule has 2 saturated heterocycles. The summed E-state index contributed by atoms with van der Waals surface area (Å²) >= 11 is 0. The Balaban J connectivity index is 1.65. The van der Waals surface area contributed by atoms with Crippen LogP contribution in [-0.2, 0) is 13.1 Å². The zero-order chi connectivity index (χ0) is 24.5. The fourth-order valence-electron chi connectivity index (χ4n) is 5.83. The molecule has 3 heterocycles.